The molecule has 9 heteroatoms. The molecule has 2 heterocycles. The SMILES string of the molecule is COc1ccc2nc(Sc3nc(N)nc(Cl)n3)[nH]c2c1. The van der Waals surface area contributed by atoms with Crippen molar-refractivity contribution in [2.75, 3.05) is 12.8 Å². The summed E-state index contributed by atoms with van der Waals surface area (Å²) in [5.74, 6) is 0.829. The smallest absolute Gasteiger partial charge is 0.228 e. The van der Waals surface area contributed by atoms with E-state index in [0.717, 1.165) is 16.8 Å². The van der Waals surface area contributed by atoms with Gasteiger partial charge in [-0.15, -0.1) is 0 Å². The van der Waals surface area contributed by atoms with Crippen LogP contribution < -0.4 is 10.5 Å². The zero-order chi connectivity index (χ0) is 14.1. The zero-order valence-corrected chi connectivity index (χ0v) is 11.9. The molecule has 0 atom stereocenters. The van der Waals surface area contributed by atoms with E-state index in [2.05, 4.69) is 24.9 Å². The lowest BCUT2D eigenvalue weighted by Crippen LogP contribution is -1.99. The summed E-state index contributed by atoms with van der Waals surface area (Å²) in [6, 6.07) is 5.57. The first-order valence-corrected chi connectivity index (χ1v) is 6.72. The third-order valence-corrected chi connectivity index (χ3v) is 3.38. The maximum atomic E-state index is 5.73. The molecular weight excluding hydrogens is 300 g/mol. The maximum absolute atomic E-state index is 5.73. The quantitative estimate of drug-likeness (QED) is 0.764. The second-order valence-corrected chi connectivity index (χ2v) is 5.07. The lowest BCUT2D eigenvalue weighted by Gasteiger charge is -1.97. The van der Waals surface area contributed by atoms with E-state index in [4.69, 9.17) is 22.1 Å². The molecule has 0 bridgehead atoms. The molecule has 0 amide bonds. The van der Waals surface area contributed by atoms with E-state index in [1.54, 1.807) is 7.11 Å². The number of nitrogens with two attached hydrogens (primary N) is 1. The zero-order valence-electron chi connectivity index (χ0n) is 10.3. The number of aromatic amines is 1. The van der Waals surface area contributed by atoms with Crippen molar-refractivity contribution in [3.8, 4) is 5.75 Å². The fraction of sp³-hybridized carbons (Fsp3) is 0.0909. The van der Waals surface area contributed by atoms with Gasteiger partial charge in [0, 0.05) is 6.07 Å². The molecule has 2 aromatic heterocycles. The minimum Gasteiger partial charge on any atom is -0.497 e. The van der Waals surface area contributed by atoms with Gasteiger partial charge in [0.25, 0.3) is 0 Å². The van der Waals surface area contributed by atoms with E-state index in [0.29, 0.717) is 10.3 Å². The molecule has 102 valence electrons. The summed E-state index contributed by atoms with van der Waals surface area (Å²) in [6.07, 6.45) is 0. The summed E-state index contributed by atoms with van der Waals surface area (Å²) in [6.45, 7) is 0. The summed E-state index contributed by atoms with van der Waals surface area (Å²) < 4.78 is 5.16. The second kappa shape index (κ2) is 5.14. The van der Waals surface area contributed by atoms with Gasteiger partial charge in [-0.25, -0.2) is 4.98 Å². The van der Waals surface area contributed by atoms with E-state index in [1.165, 1.54) is 11.8 Å². The van der Waals surface area contributed by atoms with Crippen LogP contribution in [0.15, 0.2) is 28.5 Å². The van der Waals surface area contributed by atoms with Gasteiger partial charge in [0.15, 0.2) is 5.16 Å². The minimum absolute atomic E-state index is 0.0535. The Bertz CT molecular complexity index is 756. The molecule has 20 heavy (non-hydrogen) atoms. The van der Waals surface area contributed by atoms with Crippen molar-refractivity contribution in [3.05, 3.63) is 23.5 Å². The number of methoxy groups -OCH3 is 1. The van der Waals surface area contributed by atoms with Gasteiger partial charge in [0.05, 0.1) is 18.1 Å². The van der Waals surface area contributed by atoms with Crippen molar-refractivity contribution in [3.63, 3.8) is 0 Å². The number of benzene rings is 1. The number of nitrogens with one attached hydrogen (secondary N) is 1. The molecule has 0 aliphatic carbocycles. The average molecular weight is 309 g/mol. The molecule has 3 aromatic rings. The van der Waals surface area contributed by atoms with E-state index >= 15 is 0 Å². The second-order valence-electron chi connectivity index (χ2n) is 3.77. The Balaban J connectivity index is 1.94. The van der Waals surface area contributed by atoms with Gasteiger partial charge in [-0.2, -0.15) is 15.0 Å². The number of fused-ring (bicyclic) bond motifs is 1. The van der Waals surface area contributed by atoms with Crippen molar-refractivity contribution in [1.29, 1.82) is 0 Å². The highest BCUT2D eigenvalue weighted by molar-refractivity contribution is 7.99. The fourth-order valence-electron chi connectivity index (χ4n) is 1.62. The number of nitrogen functional groups attached to an aromatic ring is 1. The summed E-state index contributed by atoms with van der Waals surface area (Å²) >= 11 is 6.95. The van der Waals surface area contributed by atoms with Crippen LogP contribution in [0.4, 0.5) is 5.95 Å². The molecule has 0 aliphatic rings. The van der Waals surface area contributed by atoms with Gasteiger partial charge in [-0.3, -0.25) is 0 Å². The molecule has 1 aromatic carbocycles. The standard InChI is InChI=1S/C11H9ClN6OS/c1-19-5-2-3-6-7(4-5)15-10(14-6)20-11-17-8(12)16-9(13)18-11/h2-4H,1H3,(H,14,15)(H2,13,16,17,18). The number of aromatic nitrogens is 5. The number of nitrogens with zero attached hydrogens (tertiary/aromatic N) is 4. The highest BCUT2D eigenvalue weighted by Gasteiger charge is 2.09. The van der Waals surface area contributed by atoms with Crippen LogP contribution >= 0.6 is 23.4 Å². The molecule has 0 aliphatic heterocycles. The van der Waals surface area contributed by atoms with Crippen LogP contribution in [0.2, 0.25) is 5.28 Å². The third kappa shape index (κ3) is 2.61. The van der Waals surface area contributed by atoms with Crippen molar-refractivity contribution >= 4 is 40.3 Å². The lowest BCUT2D eigenvalue weighted by molar-refractivity contribution is 0.415. The lowest BCUT2D eigenvalue weighted by atomic mass is 10.3. The maximum Gasteiger partial charge on any atom is 0.228 e. The highest BCUT2D eigenvalue weighted by Crippen LogP contribution is 2.27. The van der Waals surface area contributed by atoms with Gasteiger partial charge >= 0.3 is 0 Å². The molecule has 3 N–H and O–H groups in total. The summed E-state index contributed by atoms with van der Waals surface area (Å²) in [5, 5.41) is 1.07. The number of rotatable bonds is 3. The first-order valence-electron chi connectivity index (χ1n) is 5.53. The molecule has 3 rings (SSSR count). The molecular formula is C11H9ClN6OS. The summed E-state index contributed by atoms with van der Waals surface area (Å²) in [4.78, 5) is 19.2. The Hall–Kier alpha value is -2.06. The molecule has 0 fully saturated rings. The van der Waals surface area contributed by atoms with Crippen molar-refractivity contribution < 1.29 is 4.74 Å². The van der Waals surface area contributed by atoms with Gasteiger partial charge in [-0.05, 0) is 35.5 Å². The Morgan fingerprint density at radius 1 is 1.25 bits per heavy atom. The van der Waals surface area contributed by atoms with Crippen LogP contribution in [0.1, 0.15) is 0 Å². The van der Waals surface area contributed by atoms with Crippen LogP contribution in [0.25, 0.3) is 11.0 Å². The number of hydrogen-bond acceptors (Lipinski definition) is 7. The fourth-order valence-corrected chi connectivity index (χ4v) is 2.59. The van der Waals surface area contributed by atoms with Crippen molar-refractivity contribution in [1.82, 2.24) is 24.9 Å². The first kappa shape index (κ1) is 12.9. The molecule has 0 spiro atoms. The number of anilines is 1. The average Bonchev–Trinajstić information content (AvgIpc) is 2.78. The van der Waals surface area contributed by atoms with Gasteiger partial charge in [0.1, 0.15) is 5.75 Å². The van der Waals surface area contributed by atoms with E-state index in [-0.39, 0.29) is 11.2 Å². The van der Waals surface area contributed by atoms with E-state index in [9.17, 15) is 0 Å². The van der Waals surface area contributed by atoms with E-state index < -0.39 is 0 Å². The number of ether oxygens (including phenoxy) is 1. The highest BCUT2D eigenvalue weighted by atomic mass is 35.5. The molecule has 0 saturated carbocycles. The van der Waals surface area contributed by atoms with Crippen molar-refractivity contribution in [2.45, 2.75) is 10.3 Å². The van der Waals surface area contributed by atoms with Gasteiger partial charge < -0.3 is 15.5 Å². The number of hydrogen-bond donors (Lipinski definition) is 2. The van der Waals surface area contributed by atoms with Crippen LogP contribution in [0, 0.1) is 0 Å². The van der Waals surface area contributed by atoms with Gasteiger partial charge in [-0.1, -0.05) is 0 Å². The Morgan fingerprint density at radius 2 is 2.10 bits per heavy atom. The molecule has 7 nitrogen and oxygen atoms in total. The normalized spacial score (nSPS) is 10.9. The van der Waals surface area contributed by atoms with Crippen LogP contribution in [-0.2, 0) is 0 Å². The Labute approximate surface area is 123 Å². The topological polar surface area (TPSA) is 103 Å². The van der Waals surface area contributed by atoms with Crippen LogP contribution in [-0.4, -0.2) is 32.0 Å². The largest absolute Gasteiger partial charge is 0.497 e. The minimum atomic E-state index is 0.0535. The number of halogens is 1. The van der Waals surface area contributed by atoms with Crippen LogP contribution in [0.3, 0.4) is 0 Å². The molecule has 0 radical (unpaired) electrons. The Kier molecular flexibility index (Phi) is 3.33. The number of imidazole rings is 1. The summed E-state index contributed by atoms with van der Waals surface area (Å²) in [5.41, 5.74) is 7.20. The third-order valence-electron chi connectivity index (χ3n) is 2.46. The van der Waals surface area contributed by atoms with E-state index in [1.807, 2.05) is 18.2 Å². The summed E-state index contributed by atoms with van der Waals surface area (Å²) in [7, 11) is 1.61. The predicted molar refractivity (Wildman–Crippen MR) is 76.0 cm³/mol. The molecule has 0 unspecified atom stereocenters. The van der Waals surface area contributed by atoms with Crippen molar-refractivity contribution in [2.24, 2.45) is 0 Å². The van der Waals surface area contributed by atoms with Gasteiger partial charge in [0.2, 0.25) is 16.4 Å². The monoisotopic (exact) mass is 308 g/mol. The Morgan fingerprint density at radius 3 is 2.85 bits per heavy atom. The van der Waals surface area contributed by atoms with Crippen LogP contribution in [0.5, 0.6) is 5.75 Å². The molecule has 0 saturated heterocycles. The number of H-pyrrole nitrogens is 1. The first-order chi connectivity index (χ1) is 9.64. The predicted octanol–water partition coefficient (Wildman–Crippen LogP) is 2.14.